The Hall–Kier alpha value is -3.92. The molecule has 3 rings (SSSR count). The van der Waals surface area contributed by atoms with E-state index in [4.69, 9.17) is 4.74 Å². The topological polar surface area (TPSA) is 96.0 Å². The van der Waals surface area contributed by atoms with Gasteiger partial charge in [0.1, 0.15) is 24.2 Å². The third kappa shape index (κ3) is 8.05. The molecule has 2 amide bonds. The summed E-state index contributed by atoms with van der Waals surface area (Å²) in [5.74, 6) is -0.927. The number of benzene rings is 3. The van der Waals surface area contributed by atoms with Crippen LogP contribution in [0.3, 0.4) is 0 Å². The lowest BCUT2D eigenvalue weighted by molar-refractivity contribution is -0.138. The maximum atomic E-state index is 13.8. The number of ether oxygens (including phenoxy) is 1. The molecule has 0 unspecified atom stereocenters. The Labute approximate surface area is 235 Å². The number of amides is 2. The first-order valence-electron chi connectivity index (χ1n) is 13.3. The van der Waals surface area contributed by atoms with Gasteiger partial charge in [-0.3, -0.25) is 13.9 Å². The fraction of sp³-hybridized carbons (Fsp3) is 0.333. The van der Waals surface area contributed by atoms with Crippen LogP contribution < -0.4 is 14.4 Å². The van der Waals surface area contributed by atoms with E-state index in [2.05, 4.69) is 5.32 Å². The van der Waals surface area contributed by atoms with Crippen LogP contribution in [0.4, 0.5) is 10.1 Å². The van der Waals surface area contributed by atoms with Gasteiger partial charge in [-0.15, -0.1) is 0 Å². The Bertz CT molecular complexity index is 1350. The SMILES string of the molecule is CCCNC(=O)[C@@H](C)N(CCc1ccccc1)C(=O)CN(c1ccc(F)cc1)S(=O)(=O)c1ccc(OCC)cc1. The van der Waals surface area contributed by atoms with Crippen LogP contribution in [0.2, 0.25) is 0 Å². The quantitative estimate of drug-likeness (QED) is 0.310. The van der Waals surface area contributed by atoms with Gasteiger partial charge in [-0.25, -0.2) is 12.8 Å². The van der Waals surface area contributed by atoms with Gasteiger partial charge < -0.3 is 15.0 Å². The molecule has 0 saturated carbocycles. The summed E-state index contributed by atoms with van der Waals surface area (Å²) in [7, 11) is -4.25. The highest BCUT2D eigenvalue weighted by molar-refractivity contribution is 7.92. The summed E-state index contributed by atoms with van der Waals surface area (Å²) < 4.78 is 47.7. The lowest BCUT2D eigenvalue weighted by Gasteiger charge is -2.32. The number of carbonyl (C=O) groups excluding carboxylic acids is 2. The van der Waals surface area contributed by atoms with Crippen molar-refractivity contribution < 1.29 is 27.1 Å². The number of hydrogen-bond acceptors (Lipinski definition) is 5. The van der Waals surface area contributed by atoms with Gasteiger partial charge in [0, 0.05) is 13.1 Å². The molecule has 0 bridgehead atoms. The van der Waals surface area contributed by atoms with Crippen LogP contribution in [-0.2, 0) is 26.0 Å². The van der Waals surface area contributed by atoms with Crippen LogP contribution in [0.1, 0.15) is 32.8 Å². The zero-order valence-corrected chi connectivity index (χ0v) is 23.9. The Kier molecular flexibility index (Phi) is 11.1. The number of nitrogens with one attached hydrogen (secondary N) is 1. The minimum atomic E-state index is -4.25. The first-order chi connectivity index (χ1) is 19.2. The third-order valence-electron chi connectivity index (χ3n) is 6.32. The van der Waals surface area contributed by atoms with Gasteiger partial charge in [0.05, 0.1) is 17.2 Å². The van der Waals surface area contributed by atoms with Crippen molar-refractivity contribution in [3.8, 4) is 5.75 Å². The van der Waals surface area contributed by atoms with Crippen molar-refractivity contribution in [2.75, 3.05) is 30.5 Å². The minimum Gasteiger partial charge on any atom is -0.494 e. The summed E-state index contributed by atoms with van der Waals surface area (Å²) in [4.78, 5) is 28.0. The van der Waals surface area contributed by atoms with Crippen LogP contribution in [0.5, 0.6) is 5.75 Å². The number of carbonyl (C=O) groups is 2. The standard InChI is InChI=1S/C30H36FN3O5S/c1-4-20-32-30(36)23(3)33(21-19-24-9-7-6-8-10-24)29(35)22-34(26-13-11-25(31)12-14-26)40(37,38)28-17-15-27(16-18-28)39-5-2/h6-18,23H,4-5,19-22H2,1-3H3,(H,32,36)/t23-/m1/s1. The van der Waals surface area contributed by atoms with Crippen molar-refractivity contribution in [2.24, 2.45) is 0 Å². The van der Waals surface area contributed by atoms with Crippen molar-refractivity contribution in [1.82, 2.24) is 10.2 Å². The van der Waals surface area contributed by atoms with Gasteiger partial charge in [0.25, 0.3) is 10.0 Å². The molecule has 0 radical (unpaired) electrons. The molecule has 214 valence electrons. The maximum absolute atomic E-state index is 13.8. The molecule has 0 aliphatic carbocycles. The van der Waals surface area contributed by atoms with E-state index in [-0.39, 0.29) is 23.0 Å². The van der Waals surface area contributed by atoms with Crippen LogP contribution in [0, 0.1) is 5.82 Å². The van der Waals surface area contributed by atoms with E-state index in [9.17, 15) is 22.4 Å². The van der Waals surface area contributed by atoms with Gasteiger partial charge in [-0.2, -0.15) is 0 Å². The first-order valence-corrected chi connectivity index (χ1v) is 14.7. The highest BCUT2D eigenvalue weighted by atomic mass is 32.2. The van der Waals surface area contributed by atoms with Crippen molar-refractivity contribution >= 4 is 27.5 Å². The van der Waals surface area contributed by atoms with Gasteiger partial charge in [0.15, 0.2) is 0 Å². The highest BCUT2D eigenvalue weighted by Gasteiger charge is 2.32. The van der Waals surface area contributed by atoms with E-state index in [0.717, 1.165) is 28.4 Å². The number of sulfonamides is 1. The predicted molar refractivity (Wildman–Crippen MR) is 153 cm³/mol. The molecule has 0 aromatic heterocycles. The summed E-state index contributed by atoms with van der Waals surface area (Å²) in [6, 6.07) is 19.4. The second-order valence-corrected chi connectivity index (χ2v) is 11.0. The fourth-order valence-corrected chi connectivity index (χ4v) is 5.52. The average molecular weight is 570 g/mol. The van der Waals surface area contributed by atoms with E-state index >= 15 is 0 Å². The molecule has 3 aromatic rings. The monoisotopic (exact) mass is 569 g/mol. The van der Waals surface area contributed by atoms with E-state index < -0.39 is 34.3 Å². The lowest BCUT2D eigenvalue weighted by Crippen LogP contribution is -2.52. The molecule has 0 aliphatic heterocycles. The number of halogens is 1. The van der Waals surface area contributed by atoms with Crippen LogP contribution in [-0.4, -0.2) is 57.4 Å². The number of anilines is 1. The van der Waals surface area contributed by atoms with Crippen molar-refractivity contribution in [1.29, 1.82) is 0 Å². The van der Waals surface area contributed by atoms with E-state index in [1.807, 2.05) is 44.2 Å². The molecule has 1 N–H and O–H groups in total. The number of rotatable bonds is 14. The third-order valence-corrected chi connectivity index (χ3v) is 8.11. The summed E-state index contributed by atoms with van der Waals surface area (Å²) in [5.41, 5.74) is 1.09. The Morgan fingerprint density at radius 3 is 2.20 bits per heavy atom. The minimum absolute atomic E-state index is 0.0577. The molecule has 0 fully saturated rings. The van der Waals surface area contributed by atoms with Crippen LogP contribution >= 0.6 is 0 Å². The molecule has 0 spiro atoms. The summed E-state index contributed by atoms with van der Waals surface area (Å²) in [6.07, 6.45) is 1.20. The molecule has 3 aromatic carbocycles. The molecular formula is C30H36FN3O5S. The van der Waals surface area contributed by atoms with Crippen LogP contribution in [0.25, 0.3) is 0 Å². The summed E-state index contributed by atoms with van der Waals surface area (Å²) in [5, 5.41) is 2.81. The van der Waals surface area contributed by atoms with Gasteiger partial charge in [-0.05, 0) is 80.8 Å². The molecule has 40 heavy (non-hydrogen) atoms. The summed E-state index contributed by atoms with van der Waals surface area (Å²) >= 11 is 0. The zero-order valence-electron chi connectivity index (χ0n) is 23.0. The first kappa shape index (κ1) is 30.6. The lowest BCUT2D eigenvalue weighted by atomic mass is 10.1. The largest absolute Gasteiger partial charge is 0.494 e. The normalized spacial score (nSPS) is 11.9. The molecule has 0 aliphatic rings. The number of hydrogen-bond donors (Lipinski definition) is 1. The second-order valence-electron chi connectivity index (χ2n) is 9.18. The Morgan fingerprint density at radius 2 is 1.60 bits per heavy atom. The highest BCUT2D eigenvalue weighted by Crippen LogP contribution is 2.26. The smallest absolute Gasteiger partial charge is 0.264 e. The maximum Gasteiger partial charge on any atom is 0.264 e. The fourth-order valence-electron chi connectivity index (χ4n) is 4.10. The number of nitrogens with zero attached hydrogens (tertiary/aromatic N) is 2. The molecule has 1 atom stereocenters. The molecule has 0 heterocycles. The second kappa shape index (κ2) is 14.5. The van der Waals surface area contributed by atoms with Crippen LogP contribution in [0.15, 0.2) is 83.8 Å². The zero-order chi connectivity index (χ0) is 29.1. The van der Waals surface area contributed by atoms with E-state index in [0.29, 0.717) is 25.3 Å². The van der Waals surface area contributed by atoms with Gasteiger partial charge in [-0.1, -0.05) is 37.3 Å². The average Bonchev–Trinajstić information content (AvgIpc) is 2.96. The van der Waals surface area contributed by atoms with Gasteiger partial charge in [0.2, 0.25) is 11.8 Å². The molecule has 0 saturated heterocycles. The summed E-state index contributed by atoms with van der Waals surface area (Å²) in [6.45, 7) is 5.86. The Morgan fingerprint density at radius 1 is 0.950 bits per heavy atom. The van der Waals surface area contributed by atoms with Crippen molar-refractivity contribution in [2.45, 2.75) is 44.6 Å². The predicted octanol–water partition coefficient (Wildman–Crippen LogP) is 4.41. The van der Waals surface area contributed by atoms with Crippen molar-refractivity contribution in [3.63, 3.8) is 0 Å². The van der Waals surface area contributed by atoms with E-state index in [1.165, 1.54) is 41.3 Å². The Balaban J connectivity index is 1.95. The molecule has 10 heteroatoms. The van der Waals surface area contributed by atoms with Crippen molar-refractivity contribution in [3.05, 3.63) is 90.2 Å². The molecular weight excluding hydrogens is 533 g/mol. The molecule has 8 nitrogen and oxygen atoms in total. The van der Waals surface area contributed by atoms with E-state index in [1.54, 1.807) is 6.92 Å². The van der Waals surface area contributed by atoms with Gasteiger partial charge >= 0.3 is 0 Å².